The van der Waals surface area contributed by atoms with Gasteiger partial charge in [-0.25, -0.2) is 0 Å². The lowest BCUT2D eigenvalue weighted by Crippen LogP contribution is -2.31. The van der Waals surface area contributed by atoms with E-state index in [1.807, 2.05) is 0 Å². The van der Waals surface area contributed by atoms with Crippen LogP contribution in [0.5, 0.6) is 0 Å². The fourth-order valence-electron chi connectivity index (χ4n) is 2.22. The van der Waals surface area contributed by atoms with Gasteiger partial charge in [-0.15, -0.1) is 0 Å². The molecule has 0 aromatic heterocycles. The summed E-state index contributed by atoms with van der Waals surface area (Å²) >= 11 is 0. The molecule has 1 aromatic carbocycles. The number of rotatable bonds is 2. The van der Waals surface area contributed by atoms with E-state index < -0.39 is 8.80 Å². The Hall–Kier alpha value is -0.763. The maximum atomic E-state index is 2.56. The van der Waals surface area contributed by atoms with E-state index in [9.17, 15) is 0 Å². The summed E-state index contributed by atoms with van der Waals surface area (Å²) in [5.41, 5.74) is 1.52. The topological polar surface area (TPSA) is 3.24 Å². The normalized spacial score (nSPS) is 16.6. The second kappa shape index (κ2) is 4.18. The van der Waals surface area contributed by atoms with Gasteiger partial charge in [0.25, 0.3) is 0 Å². The van der Waals surface area contributed by atoms with Crippen LogP contribution in [0.25, 0.3) is 0 Å². The molecule has 0 atom stereocenters. The smallest absolute Gasteiger partial charge is 0.0674 e. The Kier molecular flexibility index (Phi) is 2.92. The van der Waals surface area contributed by atoms with E-state index in [2.05, 4.69) is 42.3 Å². The Morgan fingerprint density at radius 2 is 1.71 bits per heavy atom. The number of hydrogen-bond donors (Lipinski definition) is 0. The minimum atomic E-state index is -0.666. The van der Waals surface area contributed by atoms with Crippen molar-refractivity contribution in [3.8, 4) is 0 Å². The van der Waals surface area contributed by atoms with Crippen molar-refractivity contribution in [2.24, 2.45) is 0 Å². The molecule has 0 radical (unpaired) electrons. The molecule has 0 N–H and O–H groups in total. The molecular formula is C12H19NSi. The zero-order valence-corrected chi connectivity index (χ0v) is 10.3. The summed E-state index contributed by atoms with van der Waals surface area (Å²) in [5.74, 6) is 0. The molecule has 76 valence electrons. The van der Waals surface area contributed by atoms with Crippen molar-refractivity contribution in [1.29, 1.82) is 0 Å². The minimum absolute atomic E-state index is 0.666. The molecule has 2 rings (SSSR count). The van der Waals surface area contributed by atoms with Crippen molar-refractivity contribution in [2.75, 3.05) is 18.0 Å². The molecule has 14 heavy (non-hydrogen) atoms. The molecule has 1 heterocycles. The van der Waals surface area contributed by atoms with Crippen LogP contribution in [-0.4, -0.2) is 21.9 Å². The van der Waals surface area contributed by atoms with Gasteiger partial charge in [0.05, 0.1) is 8.80 Å². The third kappa shape index (κ3) is 1.85. The predicted octanol–water partition coefficient (Wildman–Crippen LogP) is 1.98. The van der Waals surface area contributed by atoms with Gasteiger partial charge in [0.1, 0.15) is 0 Å². The van der Waals surface area contributed by atoms with E-state index in [-0.39, 0.29) is 0 Å². The van der Waals surface area contributed by atoms with Gasteiger partial charge in [0.2, 0.25) is 0 Å². The van der Waals surface area contributed by atoms with Gasteiger partial charge in [-0.2, -0.15) is 0 Å². The Labute approximate surface area is 88.4 Å². The molecule has 1 aromatic rings. The van der Waals surface area contributed by atoms with E-state index in [0.717, 1.165) is 0 Å². The van der Waals surface area contributed by atoms with E-state index in [4.69, 9.17) is 0 Å². The fourth-order valence-corrected chi connectivity index (χ4v) is 3.59. The highest BCUT2D eigenvalue weighted by molar-refractivity contribution is 6.72. The molecule has 0 bridgehead atoms. The van der Waals surface area contributed by atoms with Gasteiger partial charge in [-0.05, 0) is 24.1 Å². The number of nitrogens with zero attached hydrogens (tertiary/aromatic N) is 1. The quantitative estimate of drug-likeness (QED) is 0.667. The molecule has 0 unspecified atom stereocenters. The number of anilines is 1. The maximum Gasteiger partial charge on any atom is 0.0674 e. The summed E-state index contributed by atoms with van der Waals surface area (Å²) < 4.78 is 0. The molecule has 0 aliphatic carbocycles. The summed E-state index contributed by atoms with van der Waals surface area (Å²) in [7, 11) is -0.666. The lowest BCUT2D eigenvalue weighted by atomic mass is 10.3. The van der Waals surface area contributed by atoms with Crippen LogP contribution in [0.1, 0.15) is 12.8 Å². The average Bonchev–Trinajstić information content (AvgIpc) is 2.70. The Balaban J connectivity index is 2.30. The van der Waals surface area contributed by atoms with Crippen LogP contribution in [0, 0.1) is 0 Å². The van der Waals surface area contributed by atoms with Crippen molar-refractivity contribution in [3.63, 3.8) is 0 Å². The molecule has 1 fully saturated rings. The average molecular weight is 205 g/mol. The van der Waals surface area contributed by atoms with Crippen LogP contribution >= 0.6 is 0 Å². The van der Waals surface area contributed by atoms with Crippen LogP contribution in [0.3, 0.4) is 0 Å². The first kappa shape index (κ1) is 9.78. The first-order chi connectivity index (χ1) is 6.79. The SMILES string of the molecule is C[SiH](C)c1ccccc1N1CCCC1. The highest BCUT2D eigenvalue weighted by Crippen LogP contribution is 2.18. The lowest BCUT2D eigenvalue weighted by Gasteiger charge is -2.22. The molecule has 1 aliphatic rings. The minimum Gasteiger partial charge on any atom is -0.372 e. The molecule has 1 saturated heterocycles. The zero-order chi connectivity index (χ0) is 9.97. The predicted molar refractivity (Wildman–Crippen MR) is 66.4 cm³/mol. The van der Waals surface area contributed by atoms with Crippen LogP contribution in [-0.2, 0) is 0 Å². The second-order valence-electron chi connectivity index (χ2n) is 4.41. The summed E-state index contributed by atoms with van der Waals surface area (Å²) in [6.07, 6.45) is 2.74. The fraction of sp³-hybridized carbons (Fsp3) is 0.500. The third-order valence-electron chi connectivity index (χ3n) is 3.01. The Morgan fingerprint density at radius 1 is 1.07 bits per heavy atom. The zero-order valence-electron chi connectivity index (χ0n) is 9.16. The van der Waals surface area contributed by atoms with Crippen molar-refractivity contribution >= 4 is 19.7 Å². The molecule has 1 nitrogen and oxygen atoms in total. The van der Waals surface area contributed by atoms with E-state index in [1.165, 1.54) is 31.6 Å². The molecule has 0 saturated carbocycles. The second-order valence-corrected chi connectivity index (χ2v) is 7.34. The Bertz CT molecular complexity index is 303. The van der Waals surface area contributed by atoms with Gasteiger partial charge in [-0.3, -0.25) is 0 Å². The van der Waals surface area contributed by atoms with E-state index in [1.54, 1.807) is 5.19 Å². The molecule has 0 amide bonds. The molecule has 1 aliphatic heterocycles. The number of hydrogen-bond acceptors (Lipinski definition) is 1. The lowest BCUT2D eigenvalue weighted by molar-refractivity contribution is 0.949. The van der Waals surface area contributed by atoms with Crippen molar-refractivity contribution in [2.45, 2.75) is 25.9 Å². The largest absolute Gasteiger partial charge is 0.372 e. The van der Waals surface area contributed by atoms with Crippen LogP contribution < -0.4 is 10.1 Å². The molecular weight excluding hydrogens is 186 g/mol. The van der Waals surface area contributed by atoms with Gasteiger partial charge in [0, 0.05) is 18.8 Å². The summed E-state index contributed by atoms with van der Waals surface area (Å²) in [5, 5.41) is 1.63. The maximum absolute atomic E-state index is 2.56. The highest BCUT2D eigenvalue weighted by atomic mass is 28.3. The Morgan fingerprint density at radius 3 is 2.36 bits per heavy atom. The van der Waals surface area contributed by atoms with Gasteiger partial charge in [0.15, 0.2) is 0 Å². The van der Waals surface area contributed by atoms with Crippen molar-refractivity contribution in [1.82, 2.24) is 0 Å². The van der Waals surface area contributed by atoms with E-state index >= 15 is 0 Å². The van der Waals surface area contributed by atoms with Crippen molar-refractivity contribution in [3.05, 3.63) is 24.3 Å². The molecule has 0 spiro atoms. The monoisotopic (exact) mass is 205 g/mol. The van der Waals surface area contributed by atoms with Gasteiger partial charge < -0.3 is 4.90 Å². The third-order valence-corrected chi connectivity index (χ3v) is 4.74. The van der Waals surface area contributed by atoms with E-state index in [0.29, 0.717) is 0 Å². The molecule has 2 heteroatoms. The highest BCUT2D eigenvalue weighted by Gasteiger charge is 2.16. The van der Waals surface area contributed by atoms with Crippen LogP contribution in [0.15, 0.2) is 24.3 Å². The van der Waals surface area contributed by atoms with Crippen molar-refractivity contribution < 1.29 is 0 Å². The standard InChI is InChI=1S/C12H19NSi/c1-14(2)12-8-4-3-7-11(12)13-9-5-6-10-13/h3-4,7-8,14H,5-6,9-10H2,1-2H3. The van der Waals surface area contributed by atoms with Crippen LogP contribution in [0.2, 0.25) is 13.1 Å². The summed E-state index contributed by atoms with van der Waals surface area (Å²) in [6, 6.07) is 8.98. The summed E-state index contributed by atoms with van der Waals surface area (Å²) in [4.78, 5) is 2.56. The first-order valence-corrected chi connectivity index (χ1v) is 8.51. The van der Waals surface area contributed by atoms with Gasteiger partial charge >= 0.3 is 0 Å². The number of para-hydroxylation sites is 1. The van der Waals surface area contributed by atoms with Gasteiger partial charge in [-0.1, -0.05) is 31.3 Å². The van der Waals surface area contributed by atoms with Crippen LogP contribution in [0.4, 0.5) is 5.69 Å². The first-order valence-electron chi connectivity index (χ1n) is 5.63. The number of benzene rings is 1. The summed E-state index contributed by atoms with van der Waals surface area (Å²) in [6.45, 7) is 7.35.